The summed E-state index contributed by atoms with van der Waals surface area (Å²) in [6, 6.07) is 3.61. The molecule has 0 amide bonds. The number of hydrogen-bond donors (Lipinski definition) is 1. The van der Waals surface area contributed by atoms with Gasteiger partial charge in [-0.05, 0) is 37.0 Å². The first kappa shape index (κ1) is 11.3. The molecule has 2 rings (SSSR count). The number of carboxylic acids is 1. The highest BCUT2D eigenvalue weighted by atomic mass is 35.5. The first-order valence-electron chi connectivity index (χ1n) is 5.10. The maximum Gasteiger partial charge on any atom is 0.314 e. The van der Waals surface area contributed by atoms with Crippen LogP contribution < -0.4 is 4.74 Å². The minimum Gasteiger partial charge on any atom is -0.495 e. The summed E-state index contributed by atoms with van der Waals surface area (Å²) in [6.45, 7) is 1.88. The van der Waals surface area contributed by atoms with Gasteiger partial charge >= 0.3 is 5.97 Å². The third kappa shape index (κ3) is 1.47. The molecule has 4 heteroatoms. The van der Waals surface area contributed by atoms with Crippen LogP contribution in [0.25, 0.3) is 0 Å². The van der Waals surface area contributed by atoms with Crippen molar-refractivity contribution in [1.29, 1.82) is 0 Å². The highest BCUT2D eigenvalue weighted by molar-refractivity contribution is 6.33. The number of aryl methyl sites for hydroxylation is 1. The van der Waals surface area contributed by atoms with Crippen molar-refractivity contribution in [3.8, 4) is 5.75 Å². The van der Waals surface area contributed by atoms with Crippen LogP contribution in [-0.2, 0) is 10.2 Å². The fourth-order valence-corrected chi connectivity index (χ4v) is 2.56. The van der Waals surface area contributed by atoms with E-state index in [4.69, 9.17) is 16.3 Å². The van der Waals surface area contributed by atoms with E-state index < -0.39 is 11.4 Å². The number of benzene rings is 1. The molecule has 1 aliphatic carbocycles. The van der Waals surface area contributed by atoms with E-state index in [-0.39, 0.29) is 0 Å². The summed E-state index contributed by atoms with van der Waals surface area (Å²) >= 11 is 6.19. The van der Waals surface area contributed by atoms with Crippen LogP contribution in [0.1, 0.15) is 24.0 Å². The van der Waals surface area contributed by atoms with Crippen molar-refractivity contribution in [2.75, 3.05) is 7.11 Å². The lowest BCUT2D eigenvalue weighted by Crippen LogP contribution is -2.21. The number of carbonyl (C=O) groups is 1. The van der Waals surface area contributed by atoms with Crippen molar-refractivity contribution in [2.45, 2.75) is 25.2 Å². The molecule has 0 saturated heterocycles. The predicted molar refractivity (Wildman–Crippen MR) is 61.3 cm³/mol. The molecule has 1 fully saturated rings. The first-order chi connectivity index (χ1) is 7.53. The molecule has 0 spiro atoms. The van der Waals surface area contributed by atoms with Gasteiger partial charge in [0, 0.05) is 0 Å². The highest BCUT2D eigenvalue weighted by Crippen LogP contribution is 2.53. The molecular weight excluding hydrogens is 228 g/mol. The van der Waals surface area contributed by atoms with Crippen molar-refractivity contribution in [2.24, 2.45) is 0 Å². The van der Waals surface area contributed by atoms with E-state index in [0.29, 0.717) is 29.2 Å². The molecule has 3 nitrogen and oxygen atoms in total. The molecule has 16 heavy (non-hydrogen) atoms. The first-order valence-corrected chi connectivity index (χ1v) is 5.47. The molecule has 1 aromatic carbocycles. The van der Waals surface area contributed by atoms with Crippen LogP contribution in [0.2, 0.25) is 5.02 Å². The van der Waals surface area contributed by atoms with E-state index in [9.17, 15) is 9.90 Å². The van der Waals surface area contributed by atoms with Gasteiger partial charge in [-0.2, -0.15) is 0 Å². The van der Waals surface area contributed by atoms with Crippen molar-refractivity contribution < 1.29 is 14.6 Å². The van der Waals surface area contributed by atoms with Gasteiger partial charge in [-0.1, -0.05) is 17.7 Å². The maximum atomic E-state index is 11.3. The molecule has 1 saturated carbocycles. The van der Waals surface area contributed by atoms with Gasteiger partial charge in [0.05, 0.1) is 17.5 Å². The summed E-state index contributed by atoms with van der Waals surface area (Å²) in [5, 5.41) is 9.70. The molecule has 0 aliphatic heterocycles. The molecule has 0 unspecified atom stereocenters. The third-order valence-corrected chi connectivity index (χ3v) is 3.55. The highest BCUT2D eigenvalue weighted by Gasteiger charge is 2.53. The smallest absolute Gasteiger partial charge is 0.314 e. The topological polar surface area (TPSA) is 46.5 Å². The van der Waals surface area contributed by atoms with Gasteiger partial charge < -0.3 is 9.84 Å². The third-order valence-electron chi connectivity index (χ3n) is 3.17. The zero-order chi connectivity index (χ0) is 11.9. The number of ether oxygens (including phenoxy) is 1. The normalized spacial score (nSPS) is 16.9. The molecule has 0 radical (unpaired) electrons. The van der Waals surface area contributed by atoms with Gasteiger partial charge in [0.1, 0.15) is 5.75 Å². The maximum absolute atomic E-state index is 11.3. The molecular formula is C12H13ClO3. The Hall–Kier alpha value is -1.22. The molecule has 0 atom stereocenters. The number of carboxylic acid groups (broad SMARTS) is 1. The van der Waals surface area contributed by atoms with Gasteiger partial charge in [0.25, 0.3) is 0 Å². The van der Waals surface area contributed by atoms with E-state index in [1.807, 2.05) is 13.0 Å². The predicted octanol–water partition coefficient (Wildman–Crippen LogP) is 2.77. The van der Waals surface area contributed by atoms with Crippen molar-refractivity contribution in [3.05, 3.63) is 28.3 Å². The summed E-state index contributed by atoms with van der Waals surface area (Å²) in [6.07, 6.45) is 1.30. The Morgan fingerprint density at radius 1 is 1.50 bits per heavy atom. The van der Waals surface area contributed by atoms with Crippen LogP contribution in [0.15, 0.2) is 12.1 Å². The van der Waals surface area contributed by atoms with Crippen LogP contribution in [0.4, 0.5) is 0 Å². The Kier molecular flexibility index (Phi) is 2.58. The van der Waals surface area contributed by atoms with E-state index in [1.165, 1.54) is 7.11 Å². The van der Waals surface area contributed by atoms with E-state index >= 15 is 0 Å². The molecule has 1 N–H and O–H groups in total. The van der Waals surface area contributed by atoms with Crippen molar-refractivity contribution >= 4 is 17.6 Å². The average Bonchev–Trinajstić information content (AvgIpc) is 2.99. The van der Waals surface area contributed by atoms with Gasteiger partial charge in [0.15, 0.2) is 0 Å². The van der Waals surface area contributed by atoms with Gasteiger partial charge in [0.2, 0.25) is 0 Å². The van der Waals surface area contributed by atoms with Crippen LogP contribution in [-0.4, -0.2) is 18.2 Å². The van der Waals surface area contributed by atoms with Crippen molar-refractivity contribution in [1.82, 2.24) is 0 Å². The van der Waals surface area contributed by atoms with Crippen LogP contribution in [0.5, 0.6) is 5.75 Å². The van der Waals surface area contributed by atoms with E-state index in [0.717, 1.165) is 5.56 Å². The minimum absolute atomic E-state index is 0.433. The summed E-state index contributed by atoms with van der Waals surface area (Å²) in [7, 11) is 1.53. The summed E-state index contributed by atoms with van der Waals surface area (Å²) in [5.41, 5.74) is 0.835. The quantitative estimate of drug-likeness (QED) is 0.884. The standard InChI is InChI=1S/C12H13ClO3/c1-7-3-4-8(16-2)10(13)9(7)12(5-6-12)11(14)15/h3-4H,5-6H2,1-2H3,(H,14,15). The Morgan fingerprint density at radius 2 is 2.12 bits per heavy atom. The molecule has 86 valence electrons. The van der Waals surface area contributed by atoms with Gasteiger partial charge in [-0.25, -0.2) is 0 Å². The average molecular weight is 241 g/mol. The lowest BCUT2D eigenvalue weighted by Gasteiger charge is -2.17. The van der Waals surface area contributed by atoms with Gasteiger partial charge in [-0.15, -0.1) is 0 Å². The van der Waals surface area contributed by atoms with Crippen LogP contribution in [0.3, 0.4) is 0 Å². The second-order valence-corrected chi connectivity index (χ2v) is 4.54. The zero-order valence-electron chi connectivity index (χ0n) is 9.21. The molecule has 0 bridgehead atoms. The van der Waals surface area contributed by atoms with Crippen LogP contribution in [0, 0.1) is 6.92 Å². The lowest BCUT2D eigenvalue weighted by atomic mass is 9.91. The minimum atomic E-state index is -0.800. The molecule has 0 aromatic heterocycles. The molecule has 1 aromatic rings. The Morgan fingerprint density at radius 3 is 2.56 bits per heavy atom. The zero-order valence-corrected chi connectivity index (χ0v) is 9.97. The number of halogens is 1. The fraction of sp³-hybridized carbons (Fsp3) is 0.417. The largest absolute Gasteiger partial charge is 0.495 e. The van der Waals surface area contributed by atoms with Crippen molar-refractivity contribution in [3.63, 3.8) is 0 Å². The van der Waals surface area contributed by atoms with E-state index in [2.05, 4.69) is 0 Å². The Bertz CT molecular complexity index is 450. The fourth-order valence-electron chi connectivity index (χ4n) is 2.09. The second-order valence-electron chi connectivity index (χ2n) is 4.16. The van der Waals surface area contributed by atoms with Gasteiger partial charge in [-0.3, -0.25) is 4.79 Å². The number of methoxy groups -OCH3 is 1. The SMILES string of the molecule is COc1ccc(C)c(C2(C(=O)O)CC2)c1Cl. The number of hydrogen-bond acceptors (Lipinski definition) is 2. The Balaban J connectivity index is 2.60. The summed E-state index contributed by atoms with van der Waals surface area (Å²) in [5.74, 6) is -0.263. The Labute approximate surface area is 99.0 Å². The van der Waals surface area contributed by atoms with E-state index in [1.54, 1.807) is 6.07 Å². The number of rotatable bonds is 3. The molecule has 1 aliphatic rings. The molecule has 0 heterocycles. The lowest BCUT2D eigenvalue weighted by molar-refractivity contribution is -0.140. The second kappa shape index (κ2) is 3.67. The summed E-state index contributed by atoms with van der Waals surface area (Å²) in [4.78, 5) is 11.3. The number of aliphatic carboxylic acids is 1. The summed E-state index contributed by atoms with van der Waals surface area (Å²) < 4.78 is 5.12. The monoisotopic (exact) mass is 240 g/mol. The van der Waals surface area contributed by atoms with Crippen LogP contribution >= 0.6 is 11.6 Å².